The minimum Gasteiger partial charge on any atom is -0.379 e. The van der Waals surface area contributed by atoms with Crippen molar-refractivity contribution >= 4 is 11.6 Å². The number of rotatable bonds is 2. The molecular weight excluding hydrogens is 243 g/mol. The highest BCUT2D eigenvalue weighted by atomic mass is 35.5. The van der Waals surface area contributed by atoms with Gasteiger partial charge in [0.1, 0.15) is 11.9 Å². The Hall–Kier alpha value is -1.15. The Kier molecular flexibility index (Phi) is 3.95. The van der Waals surface area contributed by atoms with Gasteiger partial charge in [-0.2, -0.15) is 5.26 Å². The quantitative estimate of drug-likeness (QED) is 0.813. The molecule has 1 aromatic rings. The summed E-state index contributed by atoms with van der Waals surface area (Å²) in [4.78, 5) is 1.88. The first kappa shape index (κ1) is 12.3. The molecule has 90 valence electrons. The predicted octanol–water partition coefficient (Wildman–Crippen LogP) is 2.38. The topological polar surface area (TPSA) is 36.3 Å². The van der Waals surface area contributed by atoms with E-state index in [2.05, 4.69) is 6.07 Å². The minimum absolute atomic E-state index is 0.263. The fourth-order valence-electron chi connectivity index (χ4n) is 1.94. The van der Waals surface area contributed by atoms with Crippen LogP contribution >= 0.6 is 11.6 Å². The fourth-order valence-corrected chi connectivity index (χ4v) is 2.20. The van der Waals surface area contributed by atoms with Gasteiger partial charge in [0.05, 0.1) is 19.3 Å². The molecule has 0 spiro atoms. The maximum Gasteiger partial charge on any atom is 0.130 e. The first-order chi connectivity index (χ1) is 8.24. The van der Waals surface area contributed by atoms with E-state index in [-0.39, 0.29) is 5.56 Å². The van der Waals surface area contributed by atoms with E-state index in [0.29, 0.717) is 31.3 Å². The molecule has 0 aromatic heterocycles. The molecule has 1 heterocycles. The Labute approximate surface area is 104 Å². The maximum absolute atomic E-state index is 13.7. The van der Waals surface area contributed by atoms with Gasteiger partial charge in [-0.25, -0.2) is 4.39 Å². The van der Waals surface area contributed by atoms with Gasteiger partial charge in [-0.05, 0) is 12.1 Å². The minimum atomic E-state index is -0.646. The van der Waals surface area contributed by atoms with Crippen LogP contribution in [0.3, 0.4) is 0 Å². The highest BCUT2D eigenvalue weighted by molar-refractivity contribution is 6.31. The molecule has 0 aliphatic carbocycles. The SMILES string of the molecule is N#C[C@@H](c1c(F)cccc1Cl)N1CCOCC1. The van der Waals surface area contributed by atoms with Crippen molar-refractivity contribution in [3.8, 4) is 6.07 Å². The number of halogens is 2. The molecule has 1 atom stereocenters. The molecule has 1 aliphatic rings. The number of morpholine rings is 1. The van der Waals surface area contributed by atoms with Crippen LogP contribution in [0.25, 0.3) is 0 Å². The number of ether oxygens (including phenoxy) is 1. The smallest absolute Gasteiger partial charge is 0.130 e. The number of hydrogen-bond donors (Lipinski definition) is 0. The molecule has 0 bridgehead atoms. The molecule has 0 N–H and O–H groups in total. The van der Waals surface area contributed by atoms with Gasteiger partial charge in [0, 0.05) is 23.7 Å². The Morgan fingerprint density at radius 2 is 2.12 bits per heavy atom. The molecule has 1 saturated heterocycles. The highest BCUT2D eigenvalue weighted by Crippen LogP contribution is 2.29. The molecule has 1 fully saturated rings. The lowest BCUT2D eigenvalue weighted by Gasteiger charge is -2.31. The van der Waals surface area contributed by atoms with E-state index >= 15 is 0 Å². The number of hydrogen-bond acceptors (Lipinski definition) is 3. The van der Waals surface area contributed by atoms with E-state index in [0.717, 1.165) is 0 Å². The summed E-state index contributed by atoms with van der Waals surface area (Å²) in [6, 6.07) is 5.93. The third kappa shape index (κ3) is 2.58. The van der Waals surface area contributed by atoms with Crippen LogP contribution < -0.4 is 0 Å². The van der Waals surface area contributed by atoms with Crippen molar-refractivity contribution in [2.24, 2.45) is 0 Å². The summed E-state index contributed by atoms with van der Waals surface area (Å²) in [5.74, 6) is -0.435. The zero-order valence-corrected chi connectivity index (χ0v) is 9.95. The second-order valence-corrected chi connectivity index (χ2v) is 4.22. The molecule has 3 nitrogen and oxygen atoms in total. The summed E-state index contributed by atoms with van der Waals surface area (Å²) >= 11 is 5.97. The monoisotopic (exact) mass is 254 g/mol. The fraction of sp³-hybridized carbons (Fsp3) is 0.417. The van der Waals surface area contributed by atoms with Crippen LogP contribution in [0.4, 0.5) is 4.39 Å². The molecule has 0 amide bonds. The van der Waals surface area contributed by atoms with Crippen LogP contribution in [0.1, 0.15) is 11.6 Å². The number of nitrogens with zero attached hydrogens (tertiary/aromatic N) is 2. The normalized spacial score (nSPS) is 18.6. The summed E-state index contributed by atoms with van der Waals surface area (Å²) in [5, 5.41) is 9.52. The Bertz CT molecular complexity index is 420. The van der Waals surface area contributed by atoms with Gasteiger partial charge in [-0.1, -0.05) is 17.7 Å². The summed E-state index contributed by atoms with van der Waals surface area (Å²) in [7, 11) is 0. The molecule has 5 heteroatoms. The molecule has 0 radical (unpaired) electrons. The predicted molar refractivity (Wildman–Crippen MR) is 62.2 cm³/mol. The van der Waals surface area contributed by atoms with E-state index in [4.69, 9.17) is 16.3 Å². The molecule has 0 saturated carbocycles. The number of benzene rings is 1. The zero-order valence-electron chi connectivity index (χ0n) is 9.20. The van der Waals surface area contributed by atoms with Crippen LogP contribution in [0, 0.1) is 17.1 Å². The van der Waals surface area contributed by atoms with Gasteiger partial charge in [0.25, 0.3) is 0 Å². The van der Waals surface area contributed by atoms with E-state index in [1.807, 2.05) is 4.90 Å². The van der Waals surface area contributed by atoms with Crippen molar-refractivity contribution in [2.45, 2.75) is 6.04 Å². The van der Waals surface area contributed by atoms with Crippen molar-refractivity contribution in [1.29, 1.82) is 5.26 Å². The van der Waals surface area contributed by atoms with Crippen LogP contribution in [0.15, 0.2) is 18.2 Å². The standard InChI is InChI=1S/C12H12ClFN2O/c13-9-2-1-3-10(14)12(9)11(8-15)16-4-6-17-7-5-16/h1-3,11H,4-7H2/t11-/m0/s1. The van der Waals surface area contributed by atoms with Gasteiger partial charge in [-0.15, -0.1) is 0 Å². The van der Waals surface area contributed by atoms with Crippen LogP contribution in [-0.2, 0) is 4.74 Å². The first-order valence-electron chi connectivity index (χ1n) is 5.39. The second-order valence-electron chi connectivity index (χ2n) is 3.82. The van der Waals surface area contributed by atoms with Crippen molar-refractivity contribution < 1.29 is 9.13 Å². The average molecular weight is 255 g/mol. The largest absolute Gasteiger partial charge is 0.379 e. The van der Waals surface area contributed by atoms with Crippen LogP contribution in [-0.4, -0.2) is 31.2 Å². The summed E-state index contributed by atoms with van der Waals surface area (Å²) in [6.45, 7) is 2.35. The van der Waals surface area contributed by atoms with Gasteiger partial charge >= 0.3 is 0 Å². The molecule has 2 rings (SSSR count). The van der Waals surface area contributed by atoms with Crippen molar-refractivity contribution in [1.82, 2.24) is 4.90 Å². The van der Waals surface area contributed by atoms with Gasteiger partial charge in [0.2, 0.25) is 0 Å². The van der Waals surface area contributed by atoms with Gasteiger partial charge in [0.15, 0.2) is 0 Å². The molecule has 1 aliphatic heterocycles. The third-order valence-electron chi connectivity index (χ3n) is 2.81. The molecule has 17 heavy (non-hydrogen) atoms. The Balaban J connectivity index is 2.32. The van der Waals surface area contributed by atoms with Crippen LogP contribution in [0.2, 0.25) is 5.02 Å². The Morgan fingerprint density at radius 1 is 1.41 bits per heavy atom. The van der Waals surface area contributed by atoms with Crippen molar-refractivity contribution in [3.63, 3.8) is 0 Å². The molecular formula is C12H12ClFN2O. The second kappa shape index (κ2) is 5.46. The molecule has 0 unspecified atom stereocenters. The lowest BCUT2D eigenvalue weighted by molar-refractivity contribution is 0.0261. The molecule has 1 aromatic carbocycles. The summed E-state index contributed by atoms with van der Waals surface area (Å²) < 4.78 is 19.0. The van der Waals surface area contributed by atoms with Gasteiger partial charge < -0.3 is 4.74 Å². The maximum atomic E-state index is 13.7. The Morgan fingerprint density at radius 3 is 2.71 bits per heavy atom. The zero-order chi connectivity index (χ0) is 12.3. The highest BCUT2D eigenvalue weighted by Gasteiger charge is 2.26. The lowest BCUT2D eigenvalue weighted by atomic mass is 10.1. The number of nitriles is 1. The lowest BCUT2D eigenvalue weighted by Crippen LogP contribution is -2.39. The van der Waals surface area contributed by atoms with Crippen molar-refractivity contribution in [2.75, 3.05) is 26.3 Å². The van der Waals surface area contributed by atoms with Gasteiger partial charge in [-0.3, -0.25) is 4.90 Å². The van der Waals surface area contributed by atoms with Crippen molar-refractivity contribution in [3.05, 3.63) is 34.6 Å². The van der Waals surface area contributed by atoms with E-state index in [9.17, 15) is 9.65 Å². The van der Waals surface area contributed by atoms with E-state index < -0.39 is 11.9 Å². The van der Waals surface area contributed by atoms with E-state index in [1.54, 1.807) is 6.07 Å². The summed E-state index contributed by atoms with van der Waals surface area (Å²) in [6.07, 6.45) is 0. The van der Waals surface area contributed by atoms with Crippen LogP contribution in [0.5, 0.6) is 0 Å². The van der Waals surface area contributed by atoms with E-state index in [1.165, 1.54) is 12.1 Å². The first-order valence-corrected chi connectivity index (χ1v) is 5.77. The third-order valence-corrected chi connectivity index (χ3v) is 3.14. The summed E-state index contributed by atoms with van der Waals surface area (Å²) in [5.41, 5.74) is 0.263. The average Bonchev–Trinajstić information content (AvgIpc) is 2.35.